The molecule has 4 heteroatoms. The molecule has 0 saturated heterocycles. The van der Waals surface area contributed by atoms with Gasteiger partial charge in [0.1, 0.15) is 0 Å². The molecule has 0 bridgehead atoms. The van der Waals surface area contributed by atoms with Gasteiger partial charge in [0.15, 0.2) is 0 Å². The highest BCUT2D eigenvalue weighted by molar-refractivity contribution is 6.04. The van der Waals surface area contributed by atoms with E-state index in [0.717, 1.165) is 11.1 Å². The van der Waals surface area contributed by atoms with Crippen LogP contribution >= 0.6 is 0 Å². The number of carbonyl (C=O) groups excluding carboxylic acids is 2. The molecule has 0 spiro atoms. The molecule has 3 amide bonds. The highest BCUT2D eigenvalue weighted by Crippen LogP contribution is 2.03. The second-order valence-electron chi connectivity index (χ2n) is 4.49. The van der Waals surface area contributed by atoms with Gasteiger partial charge in [-0.15, -0.1) is 0 Å². The normalized spacial score (nSPS) is 9.85. The van der Waals surface area contributed by atoms with E-state index in [4.69, 9.17) is 0 Å². The highest BCUT2D eigenvalue weighted by atomic mass is 16.2. The van der Waals surface area contributed by atoms with Crippen molar-refractivity contribution in [3.63, 3.8) is 0 Å². The van der Waals surface area contributed by atoms with E-state index in [-0.39, 0.29) is 0 Å². The summed E-state index contributed by atoms with van der Waals surface area (Å²) in [6.45, 7) is 2.28. The topological polar surface area (TPSA) is 58.2 Å². The first-order valence-corrected chi connectivity index (χ1v) is 6.35. The van der Waals surface area contributed by atoms with Gasteiger partial charge >= 0.3 is 6.03 Å². The summed E-state index contributed by atoms with van der Waals surface area (Å²) in [7, 11) is 0. The molecule has 0 aromatic heterocycles. The summed E-state index contributed by atoms with van der Waals surface area (Å²) in [5.74, 6) is -0.403. The van der Waals surface area contributed by atoms with E-state index in [0.29, 0.717) is 12.1 Å². The molecule has 4 nitrogen and oxygen atoms in total. The summed E-state index contributed by atoms with van der Waals surface area (Å²) >= 11 is 0. The van der Waals surface area contributed by atoms with Crippen molar-refractivity contribution < 1.29 is 9.59 Å². The lowest BCUT2D eigenvalue weighted by molar-refractivity contribution is 0.0964. The van der Waals surface area contributed by atoms with Crippen molar-refractivity contribution >= 4 is 11.9 Å². The van der Waals surface area contributed by atoms with Gasteiger partial charge in [0, 0.05) is 12.1 Å². The van der Waals surface area contributed by atoms with Crippen molar-refractivity contribution in [1.29, 1.82) is 0 Å². The number of hydrogen-bond acceptors (Lipinski definition) is 2. The van der Waals surface area contributed by atoms with Gasteiger partial charge in [-0.05, 0) is 24.6 Å². The Morgan fingerprint density at radius 1 is 1.00 bits per heavy atom. The zero-order chi connectivity index (χ0) is 14.4. The van der Waals surface area contributed by atoms with Crippen molar-refractivity contribution in [2.75, 3.05) is 0 Å². The van der Waals surface area contributed by atoms with Crippen molar-refractivity contribution in [1.82, 2.24) is 10.6 Å². The maximum atomic E-state index is 11.8. The molecule has 0 fully saturated rings. The van der Waals surface area contributed by atoms with Gasteiger partial charge in [-0.3, -0.25) is 10.1 Å². The van der Waals surface area contributed by atoms with Gasteiger partial charge < -0.3 is 5.32 Å². The minimum absolute atomic E-state index is 0.383. The van der Waals surface area contributed by atoms with Crippen molar-refractivity contribution in [3.05, 3.63) is 71.3 Å². The quantitative estimate of drug-likeness (QED) is 0.899. The fraction of sp³-hybridized carbons (Fsp3) is 0.125. The highest BCUT2D eigenvalue weighted by Gasteiger charge is 2.09. The van der Waals surface area contributed by atoms with E-state index in [1.165, 1.54) is 0 Å². The third-order valence-electron chi connectivity index (χ3n) is 2.80. The number of nitrogens with one attached hydrogen (secondary N) is 2. The molecule has 0 aliphatic heterocycles. The Morgan fingerprint density at radius 2 is 1.75 bits per heavy atom. The fourth-order valence-electron chi connectivity index (χ4n) is 1.78. The van der Waals surface area contributed by atoms with Gasteiger partial charge in [0.2, 0.25) is 0 Å². The monoisotopic (exact) mass is 268 g/mol. The summed E-state index contributed by atoms with van der Waals surface area (Å²) in [5, 5.41) is 4.95. The standard InChI is InChI=1S/C16H16N2O2/c1-12-6-5-9-14(10-12)15(19)18-16(20)17-11-13-7-3-2-4-8-13/h2-10H,11H2,1H3,(H2,17,18,19,20). The first-order chi connectivity index (χ1) is 9.65. The van der Waals surface area contributed by atoms with Crippen LogP contribution in [0.1, 0.15) is 21.5 Å². The van der Waals surface area contributed by atoms with Crippen LogP contribution in [0.3, 0.4) is 0 Å². The third-order valence-corrected chi connectivity index (χ3v) is 2.80. The van der Waals surface area contributed by atoms with Gasteiger partial charge in [-0.25, -0.2) is 4.79 Å². The zero-order valence-corrected chi connectivity index (χ0v) is 11.2. The van der Waals surface area contributed by atoms with E-state index in [9.17, 15) is 9.59 Å². The predicted molar refractivity (Wildman–Crippen MR) is 77.3 cm³/mol. The lowest BCUT2D eigenvalue weighted by Gasteiger charge is -2.07. The van der Waals surface area contributed by atoms with E-state index >= 15 is 0 Å². The molecule has 2 N–H and O–H groups in total. The Bertz CT molecular complexity index is 609. The number of carbonyl (C=O) groups is 2. The fourth-order valence-corrected chi connectivity index (χ4v) is 1.78. The summed E-state index contributed by atoms with van der Waals surface area (Å²) in [5.41, 5.74) is 2.42. The summed E-state index contributed by atoms with van der Waals surface area (Å²) in [6.07, 6.45) is 0. The van der Waals surface area contributed by atoms with Crippen LogP contribution in [0.4, 0.5) is 4.79 Å². The van der Waals surface area contributed by atoms with E-state index in [1.54, 1.807) is 18.2 Å². The molecule has 0 atom stereocenters. The van der Waals surface area contributed by atoms with Gasteiger partial charge in [0.25, 0.3) is 5.91 Å². The molecule has 0 aliphatic rings. The largest absolute Gasteiger partial charge is 0.334 e. The van der Waals surface area contributed by atoms with Crippen LogP contribution in [0.5, 0.6) is 0 Å². The molecular formula is C16H16N2O2. The number of rotatable bonds is 3. The molecule has 2 rings (SSSR count). The number of amides is 3. The molecule has 0 heterocycles. The van der Waals surface area contributed by atoms with E-state index in [1.807, 2.05) is 43.3 Å². The molecule has 20 heavy (non-hydrogen) atoms. The van der Waals surface area contributed by atoms with Gasteiger partial charge in [0.05, 0.1) is 0 Å². The predicted octanol–water partition coefficient (Wildman–Crippen LogP) is 2.63. The third kappa shape index (κ3) is 3.95. The molecule has 0 aliphatic carbocycles. The van der Waals surface area contributed by atoms with Crippen molar-refractivity contribution in [3.8, 4) is 0 Å². The van der Waals surface area contributed by atoms with Gasteiger partial charge in [-0.2, -0.15) is 0 Å². The Hall–Kier alpha value is -2.62. The Kier molecular flexibility index (Phi) is 4.50. The smallest absolute Gasteiger partial charge is 0.321 e. The molecule has 2 aromatic carbocycles. The minimum atomic E-state index is -0.500. The first-order valence-electron chi connectivity index (χ1n) is 6.35. The second-order valence-corrected chi connectivity index (χ2v) is 4.49. The molecule has 0 unspecified atom stereocenters. The zero-order valence-electron chi connectivity index (χ0n) is 11.2. The Morgan fingerprint density at radius 3 is 2.45 bits per heavy atom. The van der Waals surface area contributed by atoms with Crippen molar-refractivity contribution in [2.24, 2.45) is 0 Å². The SMILES string of the molecule is Cc1cccc(C(=O)NC(=O)NCc2ccccc2)c1. The van der Waals surface area contributed by atoms with Crippen LogP contribution in [-0.4, -0.2) is 11.9 Å². The summed E-state index contributed by atoms with van der Waals surface area (Å²) in [4.78, 5) is 23.5. The first kappa shape index (κ1) is 13.8. The summed E-state index contributed by atoms with van der Waals surface area (Å²) in [6, 6.07) is 16.1. The van der Waals surface area contributed by atoms with E-state index in [2.05, 4.69) is 10.6 Å². The lowest BCUT2D eigenvalue weighted by Crippen LogP contribution is -2.39. The number of urea groups is 1. The number of aryl methyl sites for hydroxylation is 1. The Labute approximate surface area is 117 Å². The van der Waals surface area contributed by atoms with Crippen LogP contribution in [0, 0.1) is 6.92 Å². The molecule has 0 saturated carbocycles. The lowest BCUT2D eigenvalue weighted by atomic mass is 10.1. The van der Waals surface area contributed by atoms with Crippen LogP contribution < -0.4 is 10.6 Å². The average Bonchev–Trinajstić information content (AvgIpc) is 2.46. The maximum absolute atomic E-state index is 11.8. The van der Waals surface area contributed by atoms with Crippen LogP contribution in [0.15, 0.2) is 54.6 Å². The molecular weight excluding hydrogens is 252 g/mol. The molecule has 102 valence electrons. The maximum Gasteiger partial charge on any atom is 0.321 e. The molecule has 0 radical (unpaired) electrons. The molecule has 2 aromatic rings. The average molecular weight is 268 g/mol. The number of hydrogen-bond donors (Lipinski definition) is 2. The van der Waals surface area contributed by atoms with Crippen LogP contribution in [-0.2, 0) is 6.54 Å². The Balaban J connectivity index is 1.87. The second kappa shape index (κ2) is 6.52. The van der Waals surface area contributed by atoms with Crippen LogP contribution in [0.25, 0.3) is 0 Å². The van der Waals surface area contributed by atoms with E-state index < -0.39 is 11.9 Å². The van der Waals surface area contributed by atoms with Gasteiger partial charge in [-0.1, -0.05) is 48.0 Å². The van der Waals surface area contributed by atoms with Crippen LogP contribution in [0.2, 0.25) is 0 Å². The summed E-state index contributed by atoms with van der Waals surface area (Å²) < 4.78 is 0. The number of imide groups is 1. The minimum Gasteiger partial charge on any atom is -0.334 e. The number of benzene rings is 2. The van der Waals surface area contributed by atoms with Crippen molar-refractivity contribution in [2.45, 2.75) is 13.5 Å².